The summed E-state index contributed by atoms with van der Waals surface area (Å²) in [6, 6.07) is 6.63. The van der Waals surface area contributed by atoms with E-state index in [-0.39, 0.29) is 12.0 Å². The van der Waals surface area contributed by atoms with Crippen molar-refractivity contribution in [2.75, 3.05) is 18.6 Å². The number of anilines is 1. The highest BCUT2D eigenvalue weighted by Gasteiger charge is 2.18. The minimum absolute atomic E-state index is 0.191. The van der Waals surface area contributed by atoms with Gasteiger partial charge >= 0.3 is 5.97 Å². The van der Waals surface area contributed by atoms with Gasteiger partial charge in [0.2, 0.25) is 0 Å². The van der Waals surface area contributed by atoms with Crippen LogP contribution in [0.5, 0.6) is 0 Å². The number of nitrogens with zero attached hydrogens (tertiary/aromatic N) is 2. The summed E-state index contributed by atoms with van der Waals surface area (Å²) >= 11 is 7.62. The van der Waals surface area contributed by atoms with E-state index in [4.69, 9.17) is 11.6 Å². The van der Waals surface area contributed by atoms with Gasteiger partial charge in [-0.15, -0.1) is 11.8 Å². The molecule has 1 aromatic carbocycles. The maximum atomic E-state index is 12.8. The highest BCUT2D eigenvalue weighted by molar-refractivity contribution is 7.99. The first kappa shape index (κ1) is 16.6. The van der Waals surface area contributed by atoms with Crippen molar-refractivity contribution in [3.05, 3.63) is 39.5 Å². The molecule has 0 aliphatic carbocycles. The maximum absolute atomic E-state index is 12.8. The molecule has 0 unspecified atom stereocenters. The molecule has 2 N–H and O–H groups in total. The molecule has 0 spiro atoms. The van der Waals surface area contributed by atoms with Gasteiger partial charge in [0.15, 0.2) is 5.43 Å². The van der Waals surface area contributed by atoms with Gasteiger partial charge in [0.1, 0.15) is 18.0 Å². The number of carbonyl (C=O) groups is 1. The Bertz CT molecular complexity index is 1030. The third-order valence-electron chi connectivity index (χ3n) is 3.73. The number of carboxylic acids is 1. The lowest BCUT2D eigenvalue weighted by atomic mass is 10.1. The van der Waals surface area contributed by atoms with Crippen LogP contribution in [0.1, 0.15) is 0 Å². The molecular formula is C16H14ClN3O3S. The van der Waals surface area contributed by atoms with E-state index >= 15 is 0 Å². The molecule has 0 saturated carbocycles. The van der Waals surface area contributed by atoms with Crippen molar-refractivity contribution in [3.8, 4) is 0 Å². The molecule has 6 nitrogen and oxygen atoms in total. The molecular weight excluding hydrogens is 350 g/mol. The van der Waals surface area contributed by atoms with Gasteiger partial charge in [0, 0.05) is 12.4 Å². The molecule has 0 aliphatic rings. The number of aromatic nitrogens is 2. The van der Waals surface area contributed by atoms with Crippen LogP contribution < -0.4 is 10.7 Å². The fourth-order valence-corrected chi connectivity index (χ4v) is 3.76. The number of nitrogens with one attached hydrogen (secondary N) is 1. The van der Waals surface area contributed by atoms with E-state index in [2.05, 4.69) is 10.3 Å². The quantitative estimate of drug-likeness (QED) is 0.547. The molecule has 8 heteroatoms. The SMILES string of the molecule is CNc1ccc2c(=O)c3ccc(Cl)c(SC)c3n(CC(=O)O)c2n1. The molecule has 24 heavy (non-hydrogen) atoms. The number of pyridine rings is 2. The van der Waals surface area contributed by atoms with E-state index in [9.17, 15) is 14.7 Å². The van der Waals surface area contributed by atoms with Crippen LogP contribution in [0.4, 0.5) is 5.82 Å². The number of rotatable bonds is 4. The summed E-state index contributed by atoms with van der Waals surface area (Å²) in [4.78, 5) is 29.3. The van der Waals surface area contributed by atoms with E-state index in [0.29, 0.717) is 37.7 Å². The summed E-state index contributed by atoms with van der Waals surface area (Å²) < 4.78 is 1.53. The van der Waals surface area contributed by atoms with Gasteiger partial charge in [-0.05, 0) is 30.5 Å². The Morgan fingerprint density at radius 1 is 1.33 bits per heavy atom. The maximum Gasteiger partial charge on any atom is 0.323 e. The van der Waals surface area contributed by atoms with Crippen LogP contribution >= 0.6 is 23.4 Å². The highest BCUT2D eigenvalue weighted by Crippen LogP contribution is 2.33. The normalized spacial score (nSPS) is 11.1. The van der Waals surface area contributed by atoms with Crippen molar-refractivity contribution >= 4 is 57.1 Å². The summed E-state index contributed by atoms with van der Waals surface area (Å²) in [7, 11) is 1.71. The molecule has 0 atom stereocenters. The first-order chi connectivity index (χ1) is 11.5. The van der Waals surface area contributed by atoms with Crippen LogP contribution in [0.25, 0.3) is 21.9 Å². The number of carboxylic acid groups (broad SMARTS) is 1. The van der Waals surface area contributed by atoms with Gasteiger partial charge in [0.05, 0.1) is 20.8 Å². The molecule has 0 fully saturated rings. The Morgan fingerprint density at radius 3 is 2.67 bits per heavy atom. The Labute approximate surface area is 146 Å². The largest absolute Gasteiger partial charge is 0.480 e. The van der Waals surface area contributed by atoms with Crippen LogP contribution in [0.15, 0.2) is 34.0 Å². The monoisotopic (exact) mass is 363 g/mol. The molecule has 2 aromatic heterocycles. The zero-order valence-corrected chi connectivity index (χ0v) is 14.5. The minimum Gasteiger partial charge on any atom is -0.480 e. The first-order valence-corrected chi connectivity index (χ1v) is 8.67. The van der Waals surface area contributed by atoms with E-state index in [1.165, 1.54) is 16.3 Å². The molecule has 124 valence electrons. The number of benzene rings is 1. The zero-order valence-electron chi connectivity index (χ0n) is 13.0. The van der Waals surface area contributed by atoms with Crippen LogP contribution in [-0.2, 0) is 11.3 Å². The van der Waals surface area contributed by atoms with Crippen LogP contribution in [0.3, 0.4) is 0 Å². The van der Waals surface area contributed by atoms with Crippen LogP contribution in [-0.4, -0.2) is 33.9 Å². The van der Waals surface area contributed by atoms with Crippen molar-refractivity contribution in [1.29, 1.82) is 0 Å². The van der Waals surface area contributed by atoms with Gasteiger partial charge in [-0.1, -0.05) is 11.6 Å². The van der Waals surface area contributed by atoms with Gasteiger partial charge in [-0.3, -0.25) is 9.59 Å². The van der Waals surface area contributed by atoms with E-state index in [0.717, 1.165) is 0 Å². The lowest BCUT2D eigenvalue weighted by Gasteiger charge is -2.16. The third kappa shape index (κ3) is 2.59. The zero-order chi connectivity index (χ0) is 17.4. The summed E-state index contributed by atoms with van der Waals surface area (Å²) in [5.74, 6) is -0.474. The van der Waals surface area contributed by atoms with Gasteiger partial charge in [-0.25, -0.2) is 4.98 Å². The molecule has 0 saturated heterocycles. The van der Waals surface area contributed by atoms with Crippen molar-refractivity contribution in [1.82, 2.24) is 9.55 Å². The number of hydrogen-bond donors (Lipinski definition) is 2. The smallest absolute Gasteiger partial charge is 0.323 e. The van der Waals surface area contributed by atoms with Crippen molar-refractivity contribution in [2.45, 2.75) is 11.4 Å². The Morgan fingerprint density at radius 2 is 2.04 bits per heavy atom. The van der Waals surface area contributed by atoms with Gasteiger partial charge in [0.25, 0.3) is 0 Å². The number of hydrogen-bond acceptors (Lipinski definition) is 5. The second-order valence-corrected chi connectivity index (χ2v) is 6.33. The van der Waals surface area contributed by atoms with Crippen molar-refractivity contribution < 1.29 is 9.90 Å². The van der Waals surface area contributed by atoms with E-state index in [1.807, 2.05) is 6.26 Å². The molecule has 0 aliphatic heterocycles. The lowest BCUT2D eigenvalue weighted by molar-refractivity contribution is -0.137. The number of thioether (sulfide) groups is 1. The summed E-state index contributed by atoms with van der Waals surface area (Å²) in [5, 5.41) is 13.5. The number of halogens is 1. The fraction of sp³-hybridized carbons (Fsp3) is 0.188. The molecule has 3 rings (SSSR count). The van der Waals surface area contributed by atoms with E-state index < -0.39 is 5.97 Å². The van der Waals surface area contributed by atoms with Gasteiger partial charge < -0.3 is 15.0 Å². The predicted molar refractivity (Wildman–Crippen MR) is 97.5 cm³/mol. The second kappa shape index (κ2) is 6.33. The summed E-state index contributed by atoms with van der Waals surface area (Å²) in [5.41, 5.74) is 0.624. The standard InChI is InChI=1S/C16H14ClN3O3S/c1-18-11-6-4-9-14(23)8-3-5-10(17)15(24-2)13(8)20(7-12(21)22)16(9)19-11/h3-6H,7H2,1-2H3,(H,18,19)(H,21,22). The number of aliphatic carboxylic acids is 1. The topological polar surface area (TPSA) is 84.2 Å². The highest BCUT2D eigenvalue weighted by atomic mass is 35.5. The van der Waals surface area contributed by atoms with E-state index in [1.54, 1.807) is 31.3 Å². The van der Waals surface area contributed by atoms with Crippen LogP contribution in [0.2, 0.25) is 5.02 Å². The lowest BCUT2D eigenvalue weighted by Crippen LogP contribution is -2.18. The summed E-state index contributed by atoms with van der Waals surface area (Å²) in [6.45, 7) is -0.318. The molecule has 2 heterocycles. The molecule has 0 radical (unpaired) electrons. The second-order valence-electron chi connectivity index (χ2n) is 5.10. The fourth-order valence-electron chi connectivity index (χ4n) is 2.70. The average molecular weight is 364 g/mol. The third-order valence-corrected chi connectivity index (χ3v) is 4.98. The van der Waals surface area contributed by atoms with Crippen molar-refractivity contribution in [2.24, 2.45) is 0 Å². The Kier molecular flexibility index (Phi) is 4.38. The minimum atomic E-state index is -1.02. The van der Waals surface area contributed by atoms with Crippen LogP contribution in [0, 0.1) is 0 Å². The average Bonchev–Trinajstić information content (AvgIpc) is 2.57. The van der Waals surface area contributed by atoms with Gasteiger partial charge in [-0.2, -0.15) is 0 Å². The Balaban J connectivity index is 2.60. The Hall–Kier alpha value is -2.25. The number of fused-ring (bicyclic) bond motifs is 2. The summed E-state index contributed by atoms with van der Waals surface area (Å²) in [6.07, 6.45) is 1.83. The molecule has 0 amide bonds. The molecule has 3 aromatic rings. The molecule has 0 bridgehead atoms. The van der Waals surface area contributed by atoms with Crippen molar-refractivity contribution in [3.63, 3.8) is 0 Å². The first-order valence-electron chi connectivity index (χ1n) is 7.07. The predicted octanol–water partition coefficient (Wildman–Crippen LogP) is 3.05.